The van der Waals surface area contributed by atoms with Gasteiger partial charge in [-0.15, -0.1) is 0 Å². The van der Waals surface area contributed by atoms with Crippen molar-refractivity contribution >= 4 is 0 Å². The Morgan fingerprint density at radius 3 is 1.56 bits per heavy atom. The van der Waals surface area contributed by atoms with E-state index in [1.807, 2.05) is 0 Å². The molecule has 0 spiro atoms. The smallest absolute Gasteiger partial charge is 0.0383 e. The van der Waals surface area contributed by atoms with Gasteiger partial charge < -0.3 is 0 Å². The van der Waals surface area contributed by atoms with Gasteiger partial charge in [0.25, 0.3) is 0 Å². The molecule has 4 atom stereocenters. The molecule has 32 heavy (non-hydrogen) atoms. The molecule has 0 radical (unpaired) electrons. The Morgan fingerprint density at radius 1 is 0.438 bits per heavy atom. The maximum Gasteiger partial charge on any atom is -0.0383 e. The molecule has 0 heteroatoms. The zero-order valence-corrected chi connectivity index (χ0v) is 22.4. The van der Waals surface area contributed by atoms with Gasteiger partial charge in [-0.1, -0.05) is 136 Å². The van der Waals surface area contributed by atoms with E-state index in [-0.39, 0.29) is 0 Å². The van der Waals surface area contributed by atoms with Crippen molar-refractivity contribution in [1.29, 1.82) is 0 Å². The summed E-state index contributed by atoms with van der Waals surface area (Å²) < 4.78 is 0. The van der Waals surface area contributed by atoms with Crippen LogP contribution in [0.15, 0.2) is 0 Å². The lowest BCUT2D eigenvalue weighted by Gasteiger charge is -2.32. The van der Waals surface area contributed by atoms with Crippen molar-refractivity contribution in [2.75, 3.05) is 0 Å². The molecule has 0 N–H and O–H groups in total. The fraction of sp³-hybridized carbons (Fsp3) is 1.00. The second kappa shape index (κ2) is 15.8. The molecule has 0 amide bonds. The van der Waals surface area contributed by atoms with Crippen LogP contribution in [0.25, 0.3) is 0 Å². The van der Waals surface area contributed by atoms with Gasteiger partial charge in [0, 0.05) is 0 Å². The van der Waals surface area contributed by atoms with Crippen molar-refractivity contribution < 1.29 is 0 Å². The minimum absolute atomic E-state index is 1.05. The highest BCUT2D eigenvalue weighted by molar-refractivity contribution is 4.87. The minimum Gasteiger partial charge on any atom is -0.0654 e. The Hall–Kier alpha value is 0. The molecule has 0 aromatic rings. The van der Waals surface area contributed by atoms with Gasteiger partial charge in [0.2, 0.25) is 0 Å². The minimum atomic E-state index is 1.05. The van der Waals surface area contributed by atoms with E-state index in [0.717, 1.165) is 35.5 Å². The van der Waals surface area contributed by atoms with Crippen LogP contribution < -0.4 is 0 Å². The van der Waals surface area contributed by atoms with Gasteiger partial charge in [-0.2, -0.15) is 0 Å². The average Bonchev–Trinajstić information content (AvgIpc) is 3.31. The SMILES string of the molecule is CCCCC1CCCCCCCCCCC(C2CCC(C3CCC(CC)CC3)C2)CCC1. The zero-order valence-electron chi connectivity index (χ0n) is 22.4. The van der Waals surface area contributed by atoms with Crippen LogP contribution in [0, 0.1) is 35.5 Å². The lowest BCUT2D eigenvalue weighted by Crippen LogP contribution is -2.21. The first-order valence-electron chi connectivity index (χ1n) is 15.8. The van der Waals surface area contributed by atoms with Crippen LogP contribution in [0.2, 0.25) is 0 Å². The van der Waals surface area contributed by atoms with E-state index >= 15 is 0 Å². The van der Waals surface area contributed by atoms with Gasteiger partial charge in [-0.25, -0.2) is 0 Å². The Morgan fingerprint density at radius 2 is 0.938 bits per heavy atom. The van der Waals surface area contributed by atoms with Crippen LogP contribution >= 0.6 is 0 Å². The number of rotatable bonds is 6. The Labute approximate surface area is 203 Å². The molecule has 0 aliphatic heterocycles. The summed E-state index contributed by atoms with van der Waals surface area (Å²) in [7, 11) is 0. The molecule has 0 heterocycles. The third kappa shape index (κ3) is 9.33. The van der Waals surface area contributed by atoms with Gasteiger partial charge in [0.05, 0.1) is 0 Å². The molecule has 3 aliphatic rings. The standard InChI is InChI=1S/C32H60/c1-3-5-15-28-16-12-10-8-6-7-9-11-13-18-29(19-14-17-28)31-24-25-32(26-31)30-22-20-27(4-2)21-23-30/h27-32H,3-26H2,1-2H3. The third-order valence-corrected chi connectivity index (χ3v) is 10.4. The van der Waals surface area contributed by atoms with E-state index in [1.165, 1.54) is 83.5 Å². The van der Waals surface area contributed by atoms with Crippen molar-refractivity contribution in [3.05, 3.63) is 0 Å². The Kier molecular flexibility index (Phi) is 13.1. The summed E-state index contributed by atoms with van der Waals surface area (Å²) in [6.07, 6.45) is 36.7. The molecule has 0 saturated heterocycles. The fourth-order valence-corrected chi connectivity index (χ4v) is 8.09. The first kappa shape index (κ1) is 26.6. The van der Waals surface area contributed by atoms with Crippen molar-refractivity contribution in [2.24, 2.45) is 35.5 Å². The van der Waals surface area contributed by atoms with E-state index < -0.39 is 0 Å². The lowest BCUT2D eigenvalue weighted by atomic mass is 9.73. The molecule has 3 fully saturated rings. The van der Waals surface area contributed by atoms with Crippen molar-refractivity contribution in [3.8, 4) is 0 Å². The number of unbranched alkanes of at least 4 members (excludes halogenated alkanes) is 1. The van der Waals surface area contributed by atoms with E-state index in [9.17, 15) is 0 Å². The van der Waals surface area contributed by atoms with E-state index in [2.05, 4.69) is 13.8 Å². The highest BCUT2D eigenvalue weighted by Gasteiger charge is 2.35. The van der Waals surface area contributed by atoms with Crippen molar-refractivity contribution in [2.45, 2.75) is 168 Å². The number of hydrogen-bond acceptors (Lipinski definition) is 0. The van der Waals surface area contributed by atoms with Gasteiger partial charge >= 0.3 is 0 Å². The topological polar surface area (TPSA) is 0 Å². The first-order valence-corrected chi connectivity index (χ1v) is 15.8. The van der Waals surface area contributed by atoms with Crippen LogP contribution in [0.5, 0.6) is 0 Å². The highest BCUT2D eigenvalue weighted by Crippen LogP contribution is 2.47. The fourth-order valence-electron chi connectivity index (χ4n) is 8.09. The molecule has 3 aliphatic carbocycles. The third-order valence-electron chi connectivity index (χ3n) is 10.4. The normalized spacial score (nSPS) is 36.9. The van der Waals surface area contributed by atoms with Gasteiger partial charge in [0.1, 0.15) is 0 Å². The van der Waals surface area contributed by atoms with Crippen molar-refractivity contribution in [3.63, 3.8) is 0 Å². The molecule has 0 aromatic heterocycles. The van der Waals surface area contributed by atoms with Gasteiger partial charge in [-0.05, 0) is 67.6 Å². The summed E-state index contributed by atoms with van der Waals surface area (Å²) in [5.41, 5.74) is 0. The second-order valence-electron chi connectivity index (χ2n) is 12.6. The van der Waals surface area contributed by atoms with Crippen LogP contribution in [0.3, 0.4) is 0 Å². The largest absolute Gasteiger partial charge is 0.0654 e. The highest BCUT2D eigenvalue weighted by atomic mass is 14.4. The molecule has 0 aromatic carbocycles. The average molecular weight is 445 g/mol. The van der Waals surface area contributed by atoms with Gasteiger partial charge in [-0.3, -0.25) is 0 Å². The summed E-state index contributed by atoms with van der Waals surface area (Å²) >= 11 is 0. The Balaban J connectivity index is 1.49. The summed E-state index contributed by atoms with van der Waals surface area (Å²) in [4.78, 5) is 0. The molecule has 3 saturated carbocycles. The molecule has 188 valence electrons. The second-order valence-corrected chi connectivity index (χ2v) is 12.6. The molecular weight excluding hydrogens is 384 g/mol. The maximum atomic E-state index is 2.42. The monoisotopic (exact) mass is 444 g/mol. The molecule has 0 nitrogen and oxygen atoms in total. The molecule has 3 rings (SSSR count). The summed E-state index contributed by atoms with van der Waals surface area (Å²) in [5, 5.41) is 0. The van der Waals surface area contributed by atoms with Crippen LogP contribution in [-0.4, -0.2) is 0 Å². The summed E-state index contributed by atoms with van der Waals surface area (Å²) in [5.74, 6) is 6.48. The zero-order chi connectivity index (χ0) is 22.4. The van der Waals surface area contributed by atoms with Crippen LogP contribution in [0.4, 0.5) is 0 Å². The predicted molar refractivity (Wildman–Crippen MR) is 143 cm³/mol. The van der Waals surface area contributed by atoms with Crippen LogP contribution in [-0.2, 0) is 0 Å². The summed E-state index contributed by atoms with van der Waals surface area (Å²) in [6, 6.07) is 0. The molecular formula is C32H60. The summed E-state index contributed by atoms with van der Waals surface area (Å²) in [6.45, 7) is 4.80. The quantitative estimate of drug-likeness (QED) is 0.382. The van der Waals surface area contributed by atoms with E-state index in [0.29, 0.717) is 0 Å². The van der Waals surface area contributed by atoms with Gasteiger partial charge in [0.15, 0.2) is 0 Å². The molecule has 4 unspecified atom stereocenters. The van der Waals surface area contributed by atoms with Crippen LogP contribution in [0.1, 0.15) is 168 Å². The first-order chi connectivity index (χ1) is 15.8. The molecule has 0 bridgehead atoms. The van der Waals surface area contributed by atoms with Crippen molar-refractivity contribution in [1.82, 2.24) is 0 Å². The van der Waals surface area contributed by atoms with E-state index in [1.54, 1.807) is 70.6 Å². The number of hydrogen-bond donors (Lipinski definition) is 0. The maximum absolute atomic E-state index is 2.42. The lowest BCUT2D eigenvalue weighted by molar-refractivity contribution is 0.190. The predicted octanol–water partition coefficient (Wildman–Crippen LogP) is 11.1. The Bertz CT molecular complexity index is 445. The van der Waals surface area contributed by atoms with E-state index in [4.69, 9.17) is 0 Å².